The molecule has 0 saturated heterocycles. The molecule has 0 spiro atoms. The molecular weight excluding hydrogens is 302 g/mol. The number of aryl methyl sites for hydroxylation is 2. The van der Waals surface area contributed by atoms with E-state index in [1.807, 2.05) is 12.3 Å². The van der Waals surface area contributed by atoms with Gasteiger partial charge in [-0.05, 0) is 29.3 Å². The van der Waals surface area contributed by atoms with Crippen molar-refractivity contribution in [2.75, 3.05) is 0 Å². The van der Waals surface area contributed by atoms with Gasteiger partial charge in [-0.25, -0.2) is 9.97 Å². The highest BCUT2D eigenvalue weighted by Crippen LogP contribution is 2.19. The number of H-pyrrole nitrogens is 1. The van der Waals surface area contributed by atoms with E-state index in [4.69, 9.17) is 0 Å². The van der Waals surface area contributed by atoms with Crippen LogP contribution in [0.2, 0.25) is 0 Å². The zero-order valence-electron chi connectivity index (χ0n) is 9.58. The van der Waals surface area contributed by atoms with Crippen molar-refractivity contribution in [3.63, 3.8) is 0 Å². The van der Waals surface area contributed by atoms with Crippen LogP contribution < -0.4 is 5.56 Å². The van der Waals surface area contributed by atoms with Crippen LogP contribution in [-0.4, -0.2) is 15.0 Å². The summed E-state index contributed by atoms with van der Waals surface area (Å²) < 4.78 is 0.523. The summed E-state index contributed by atoms with van der Waals surface area (Å²) in [6.07, 6.45) is 1.73. The smallest absolute Gasteiger partial charge is 0.265 e. The predicted octanol–water partition coefficient (Wildman–Crippen LogP) is 2.92. The Hall–Kier alpha value is -1.01. The number of nitrogens with zero attached hydrogens (tertiary/aromatic N) is 2. The molecule has 0 aliphatic carbocycles. The van der Waals surface area contributed by atoms with Crippen LogP contribution in [0, 0.1) is 6.92 Å². The molecule has 90 valence electrons. The molecule has 0 radical (unpaired) electrons. The Kier molecular flexibility index (Phi) is 3.73. The summed E-state index contributed by atoms with van der Waals surface area (Å²) in [5.74, 6) is 0.547. The lowest BCUT2D eigenvalue weighted by molar-refractivity contribution is 0.859. The third-order valence-electron chi connectivity index (χ3n) is 2.28. The summed E-state index contributed by atoms with van der Waals surface area (Å²) in [6.45, 7) is 3.99. The van der Waals surface area contributed by atoms with E-state index < -0.39 is 0 Å². The quantitative estimate of drug-likeness (QED) is 0.947. The number of aromatic nitrogens is 3. The normalized spacial score (nSPS) is 10.8. The van der Waals surface area contributed by atoms with Gasteiger partial charge in [0.1, 0.15) is 10.2 Å². The van der Waals surface area contributed by atoms with Crippen LogP contribution in [0.3, 0.4) is 0 Å². The van der Waals surface area contributed by atoms with E-state index in [1.54, 1.807) is 11.3 Å². The van der Waals surface area contributed by atoms with Crippen molar-refractivity contribution in [1.82, 2.24) is 15.0 Å². The zero-order valence-corrected chi connectivity index (χ0v) is 12.0. The van der Waals surface area contributed by atoms with Gasteiger partial charge in [0.05, 0.1) is 10.7 Å². The lowest BCUT2D eigenvalue weighted by Crippen LogP contribution is -2.13. The fourth-order valence-electron chi connectivity index (χ4n) is 1.50. The summed E-state index contributed by atoms with van der Waals surface area (Å²) >= 11 is 4.81. The molecule has 0 aliphatic rings. The molecule has 0 unspecified atom stereocenters. The van der Waals surface area contributed by atoms with Crippen LogP contribution in [0.1, 0.15) is 24.0 Å². The van der Waals surface area contributed by atoms with E-state index in [1.165, 1.54) is 0 Å². The van der Waals surface area contributed by atoms with Crippen LogP contribution in [0.15, 0.2) is 14.6 Å². The van der Waals surface area contributed by atoms with Crippen molar-refractivity contribution in [3.05, 3.63) is 30.9 Å². The highest BCUT2D eigenvalue weighted by Gasteiger charge is 2.11. The van der Waals surface area contributed by atoms with Gasteiger partial charge >= 0.3 is 0 Å². The molecule has 0 aliphatic heterocycles. The third kappa shape index (κ3) is 2.63. The van der Waals surface area contributed by atoms with Crippen LogP contribution >= 0.6 is 27.3 Å². The van der Waals surface area contributed by atoms with Crippen molar-refractivity contribution in [3.8, 4) is 11.5 Å². The molecule has 2 aromatic heterocycles. The van der Waals surface area contributed by atoms with Crippen molar-refractivity contribution in [2.24, 2.45) is 0 Å². The number of halogens is 1. The van der Waals surface area contributed by atoms with Crippen molar-refractivity contribution in [1.29, 1.82) is 0 Å². The third-order valence-corrected chi connectivity index (χ3v) is 3.87. The molecule has 1 N–H and O–H groups in total. The Morgan fingerprint density at radius 3 is 2.82 bits per heavy atom. The molecule has 4 nitrogen and oxygen atoms in total. The van der Waals surface area contributed by atoms with E-state index in [-0.39, 0.29) is 5.56 Å². The number of aromatic amines is 1. The number of rotatable bonds is 3. The fourth-order valence-corrected chi connectivity index (χ4v) is 2.49. The topological polar surface area (TPSA) is 58.6 Å². The molecule has 0 bridgehead atoms. The minimum absolute atomic E-state index is 0.149. The molecular formula is C11H12BrN3OS. The number of nitrogens with one attached hydrogen (secondary N) is 1. The molecule has 0 saturated carbocycles. The molecule has 0 atom stereocenters. The van der Waals surface area contributed by atoms with Gasteiger partial charge in [-0.2, -0.15) is 0 Å². The first-order chi connectivity index (χ1) is 8.11. The summed E-state index contributed by atoms with van der Waals surface area (Å²) in [4.78, 5) is 23.3. The Morgan fingerprint density at radius 1 is 1.47 bits per heavy atom. The largest absolute Gasteiger partial charge is 0.304 e. The lowest BCUT2D eigenvalue weighted by atomic mass is 10.2. The molecule has 0 fully saturated rings. The average Bonchev–Trinajstić information content (AvgIpc) is 2.71. The van der Waals surface area contributed by atoms with Gasteiger partial charge in [0.15, 0.2) is 5.82 Å². The van der Waals surface area contributed by atoms with E-state index in [2.05, 4.69) is 37.8 Å². The Balaban J connectivity index is 2.52. The van der Waals surface area contributed by atoms with Gasteiger partial charge in [0, 0.05) is 5.38 Å². The van der Waals surface area contributed by atoms with E-state index in [9.17, 15) is 4.79 Å². The lowest BCUT2D eigenvalue weighted by Gasteiger charge is -2.03. The van der Waals surface area contributed by atoms with Gasteiger partial charge in [0.25, 0.3) is 5.56 Å². The van der Waals surface area contributed by atoms with E-state index in [0.29, 0.717) is 10.3 Å². The second-order valence-corrected chi connectivity index (χ2v) is 5.53. The molecule has 2 heterocycles. The monoisotopic (exact) mass is 313 g/mol. The Morgan fingerprint density at radius 2 is 2.24 bits per heavy atom. The molecule has 0 aromatic carbocycles. The predicted molar refractivity (Wildman–Crippen MR) is 72.4 cm³/mol. The van der Waals surface area contributed by atoms with Gasteiger partial charge in [-0.15, -0.1) is 11.3 Å². The molecule has 17 heavy (non-hydrogen) atoms. The number of thiazole rings is 1. The van der Waals surface area contributed by atoms with Gasteiger partial charge in [0.2, 0.25) is 0 Å². The van der Waals surface area contributed by atoms with Gasteiger partial charge in [-0.3, -0.25) is 4.79 Å². The van der Waals surface area contributed by atoms with Crippen molar-refractivity contribution >= 4 is 27.3 Å². The first-order valence-corrected chi connectivity index (χ1v) is 7.00. The Labute approximate surface area is 111 Å². The van der Waals surface area contributed by atoms with Crippen molar-refractivity contribution < 1.29 is 0 Å². The van der Waals surface area contributed by atoms with E-state index in [0.717, 1.165) is 29.2 Å². The van der Waals surface area contributed by atoms with Gasteiger partial charge < -0.3 is 4.98 Å². The highest BCUT2D eigenvalue weighted by atomic mass is 79.9. The summed E-state index contributed by atoms with van der Waals surface area (Å²) in [5.41, 5.74) is 1.37. The van der Waals surface area contributed by atoms with Crippen LogP contribution in [0.5, 0.6) is 0 Å². The molecule has 2 rings (SSSR count). The average molecular weight is 314 g/mol. The minimum atomic E-state index is -0.149. The van der Waals surface area contributed by atoms with Crippen LogP contribution in [-0.2, 0) is 6.42 Å². The second kappa shape index (κ2) is 5.10. The summed E-state index contributed by atoms with van der Waals surface area (Å²) in [5, 5.41) is 2.86. The maximum Gasteiger partial charge on any atom is 0.265 e. The Bertz CT molecular complexity index is 591. The molecule has 0 amide bonds. The first kappa shape index (κ1) is 12.4. The zero-order chi connectivity index (χ0) is 12.4. The molecule has 2 aromatic rings. The number of hydrogen-bond donors (Lipinski definition) is 1. The summed E-state index contributed by atoms with van der Waals surface area (Å²) in [7, 11) is 0. The van der Waals surface area contributed by atoms with Crippen LogP contribution in [0.25, 0.3) is 11.5 Å². The maximum absolute atomic E-state index is 11.7. The molecule has 6 heteroatoms. The first-order valence-electron chi connectivity index (χ1n) is 5.33. The maximum atomic E-state index is 11.7. The highest BCUT2D eigenvalue weighted by molar-refractivity contribution is 9.10. The standard InChI is InChI=1S/C11H12BrN3OS/c1-3-4-7-9(12)11(16)15-10(14-7)8-5-17-6(2)13-8/h5H,3-4H2,1-2H3,(H,14,15,16). The van der Waals surface area contributed by atoms with Gasteiger partial charge in [-0.1, -0.05) is 13.3 Å². The van der Waals surface area contributed by atoms with E-state index >= 15 is 0 Å². The number of hydrogen-bond acceptors (Lipinski definition) is 4. The SMILES string of the molecule is CCCc1nc(-c2csc(C)n2)[nH]c(=O)c1Br. The fraction of sp³-hybridized carbons (Fsp3) is 0.364. The van der Waals surface area contributed by atoms with Crippen molar-refractivity contribution in [2.45, 2.75) is 26.7 Å². The van der Waals surface area contributed by atoms with Crippen LogP contribution in [0.4, 0.5) is 0 Å². The second-order valence-electron chi connectivity index (χ2n) is 3.68. The summed E-state index contributed by atoms with van der Waals surface area (Å²) in [6, 6.07) is 0. The minimum Gasteiger partial charge on any atom is -0.304 e.